The monoisotopic (exact) mass is 1080 g/mol. The number of phenolic OH excluding ortho intramolecular Hbond substituents is 2. The van der Waals surface area contributed by atoms with Gasteiger partial charge in [-0.05, 0) is 153 Å². The summed E-state index contributed by atoms with van der Waals surface area (Å²) in [5.74, 6) is 0.993. The summed E-state index contributed by atoms with van der Waals surface area (Å²) < 4.78 is 0. The SMILES string of the molecule is CCCCCCCCCCc1c(CCCCCCCCCC)c(Cc2cc(C(C)(C)C)c(O)c(C(C)(C)C)c2)c(CCCCCCCCCC)c(CCCCCCCCCC)c1Cc1cc(C(C)(C)C)c(O)c(C(C)(C)C)c1. The lowest BCUT2D eigenvalue weighted by atomic mass is 9.74. The smallest absolute Gasteiger partial charge is 0.123 e. The molecule has 0 saturated carbocycles. The summed E-state index contributed by atoms with van der Waals surface area (Å²) >= 11 is 0. The number of hydrogen-bond acceptors (Lipinski definition) is 2. The maximum Gasteiger partial charge on any atom is 0.123 e. The van der Waals surface area contributed by atoms with Crippen molar-refractivity contribution in [2.45, 2.75) is 376 Å². The van der Waals surface area contributed by atoms with E-state index in [2.05, 4.69) is 135 Å². The number of rotatable bonds is 40. The molecule has 0 aliphatic carbocycles. The molecule has 0 aromatic heterocycles. The summed E-state index contributed by atoms with van der Waals surface area (Å²) in [6, 6.07) is 9.70. The van der Waals surface area contributed by atoms with Crippen molar-refractivity contribution >= 4 is 0 Å². The zero-order valence-corrected chi connectivity index (χ0v) is 55.1. The highest BCUT2D eigenvalue weighted by Gasteiger charge is 2.31. The topological polar surface area (TPSA) is 40.5 Å². The van der Waals surface area contributed by atoms with Gasteiger partial charge in [0.2, 0.25) is 0 Å². The lowest BCUT2D eigenvalue weighted by Crippen LogP contribution is -2.20. The van der Waals surface area contributed by atoms with Crippen LogP contribution in [0.3, 0.4) is 0 Å². The van der Waals surface area contributed by atoms with Gasteiger partial charge < -0.3 is 10.2 Å². The van der Waals surface area contributed by atoms with Gasteiger partial charge in [-0.25, -0.2) is 0 Å². The van der Waals surface area contributed by atoms with Crippen LogP contribution in [0.4, 0.5) is 0 Å². The van der Waals surface area contributed by atoms with Crippen molar-refractivity contribution in [2.75, 3.05) is 0 Å². The van der Waals surface area contributed by atoms with Gasteiger partial charge in [0, 0.05) is 0 Å². The molecule has 446 valence electrons. The van der Waals surface area contributed by atoms with Crippen molar-refractivity contribution in [1.82, 2.24) is 0 Å². The van der Waals surface area contributed by atoms with E-state index in [4.69, 9.17) is 0 Å². The van der Waals surface area contributed by atoms with Crippen molar-refractivity contribution in [2.24, 2.45) is 0 Å². The fraction of sp³-hybridized carbons (Fsp3) is 0.763. The highest BCUT2D eigenvalue weighted by molar-refractivity contribution is 5.59. The molecule has 0 unspecified atom stereocenters. The highest BCUT2D eigenvalue weighted by Crippen LogP contribution is 2.44. The van der Waals surface area contributed by atoms with Crippen LogP contribution in [0.1, 0.15) is 383 Å². The standard InChI is InChI=1S/C76H130O2/c1-17-21-25-29-33-37-41-45-49-61-62(50-46-42-38-34-30-26-22-18-2)66(54-60-57-69(75(11,12)13)72(78)70(58-60)76(14,15)16)64(52-48-44-40-36-32-28-24-20-4)63(51-47-43-39-35-31-27-23-19-3)65(61)53-59-55-67(73(5,6)7)71(77)68(56-59)74(8,9)10/h55-58,77-78H,17-54H2,1-16H3. The van der Waals surface area contributed by atoms with Crippen LogP contribution in [0.15, 0.2) is 24.3 Å². The summed E-state index contributed by atoms with van der Waals surface area (Å²) in [6.45, 7) is 36.8. The summed E-state index contributed by atoms with van der Waals surface area (Å²) in [5, 5.41) is 24.3. The zero-order valence-electron chi connectivity index (χ0n) is 55.1. The molecule has 0 fully saturated rings. The average molecular weight is 1080 g/mol. The molecule has 0 radical (unpaired) electrons. The fourth-order valence-electron chi connectivity index (χ4n) is 12.8. The molecular formula is C76H130O2. The Kier molecular flexibility index (Phi) is 32.1. The van der Waals surface area contributed by atoms with Gasteiger partial charge in [0.1, 0.15) is 11.5 Å². The quantitative estimate of drug-likeness (QED) is 0.0557. The second-order valence-corrected chi connectivity index (χ2v) is 29.2. The minimum Gasteiger partial charge on any atom is -0.507 e. The van der Waals surface area contributed by atoms with Gasteiger partial charge in [-0.3, -0.25) is 0 Å². The van der Waals surface area contributed by atoms with Gasteiger partial charge in [-0.1, -0.05) is 315 Å². The number of hydrogen-bond donors (Lipinski definition) is 2. The third kappa shape index (κ3) is 24.4. The second-order valence-electron chi connectivity index (χ2n) is 29.2. The molecule has 2 N–H and O–H groups in total. The van der Waals surface area contributed by atoms with Crippen LogP contribution in [0.5, 0.6) is 11.5 Å². The van der Waals surface area contributed by atoms with Gasteiger partial charge in [-0.2, -0.15) is 0 Å². The molecular weight excluding hydrogens is 945 g/mol. The summed E-state index contributed by atoms with van der Waals surface area (Å²) in [7, 11) is 0. The van der Waals surface area contributed by atoms with Gasteiger partial charge in [0.25, 0.3) is 0 Å². The Morgan fingerprint density at radius 2 is 0.410 bits per heavy atom. The van der Waals surface area contributed by atoms with Gasteiger partial charge in [-0.15, -0.1) is 0 Å². The molecule has 0 heterocycles. The van der Waals surface area contributed by atoms with Gasteiger partial charge in [0.15, 0.2) is 0 Å². The molecule has 78 heavy (non-hydrogen) atoms. The van der Waals surface area contributed by atoms with Crippen molar-refractivity contribution in [3.63, 3.8) is 0 Å². The van der Waals surface area contributed by atoms with E-state index in [0.717, 1.165) is 60.8 Å². The fourth-order valence-corrected chi connectivity index (χ4v) is 12.8. The van der Waals surface area contributed by atoms with Crippen molar-refractivity contribution in [1.29, 1.82) is 0 Å². The van der Waals surface area contributed by atoms with Crippen LogP contribution in [0.2, 0.25) is 0 Å². The molecule has 0 saturated heterocycles. The number of benzene rings is 3. The summed E-state index contributed by atoms with van der Waals surface area (Å²) in [6.07, 6.45) is 49.1. The van der Waals surface area contributed by atoms with Crippen LogP contribution >= 0.6 is 0 Å². The maximum atomic E-state index is 12.1. The minimum absolute atomic E-state index is 0.185. The van der Waals surface area contributed by atoms with E-state index in [1.807, 2.05) is 0 Å². The maximum absolute atomic E-state index is 12.1. The van der Waals surface area contributed by atoms with Gasteiger partial charge in [0.05, 0.1) is 0 Å². The summed E-state index contributed by atoms with van der Waals surface area (Å²) in [4.78, 5) is 0. The first kappa shape index (κ1) is 69.5. The average Bonchev–Trinajstić information content (AvgIpc) is 3.53. The first-order chi connectivity index (χ1) is 37.0. The lowest BCUT2D eigenvalue weighted by molar-refractivity contribution is 0.422. The van der Waals surface area contributed by atoms with Crippen molar-refractivity contribution < 1.29 is 10.2 Å². The molecule has 0 aliphatic rings. The van der Waals surface area contributed by atoms with Gasteiger partial charge >= 0.3 is 0 Å². The van der Waals surface area contributed by atoms with Crippen molar-refractivity contribution in [3.8, 4) is 11.5 Å². The third-order valence-electron chi connectivity index (χ3n) is 17.6. The van der Waals surface area contributed by atoms with E-state index in [9.17, 15) is 10.2 Å². The molecule has 3 aromatic carbocycles. The summed E-state index contributed by atoms with van der Waals surface area (Å²) in [5.41, 5.74) is 16.5. The van der Waals surface area contributed by atoms with Crippen LogP contribution in [0.25, 0.3) is 0 Å². The Hall–Kier alpha value is -2.74. The first-order valence-corrected chi connectivity index (χ1v) is 33.9. The zero-order chi connectivity index (χ0) is 57.8. The molecule has 3 rings (SSSR count). The van der Waals surface area contributed by atoms with E-state index in [1.165, 1.54) is 217 Å². The Balaban J connectivity index is 2.54. The number of phenols is 2. The molecule has 0 spiro atoms. The van der Waals surface area contributed by atoms with Crippen LogP contribution in [-0.4, -0.2) is 10.2 Å². The Morgan fingerprint density at radius 3 is 0.577 bits per heavy atom. The Labute approximate surface area is 486 Å². The van der Waals surface area contributed by atoms with E-state index in [1.54, 1.807) is 33.4 Å². The third-order valence-corrected chi connectivity index (χ3v) is 17.6. The predicted octanol–water partition coefficient (Wildman–Crippen LogP) is 24.2. The van der Waals surface area contributed by atoms with E-state index >= 15 is 0 Å². The lowest BCUT2D eigenvalue weighted by Gasteiger charge is -2.31. The second kappa shape index (κ2) is 36.0. The van der Waals surface area contributed by atoms with Crippen LogP contribution in [-0.2, 0) is 60.2 Å². The molecule has 3 aromatic rings. The molecule has 0 aliphatic heterocycles. The highest BCUT2D eigenvalue weighted by atomic mass is 16.3. The van der Waals surface area contributed by atoms with E-state index in [0.29, 0.717) is 11.5 Å². The molecule has 2 heteroatoms. The molecule has 0 amide bonds. The molecule has 0 bridgehead atoms. The van der Waals surface area contributed by atoms with Crippen LogP contribution < -0.4 is 0 Å². The van der Waals surface area contributed by atoms with Crippen molar-refractivity contribution in [3.05, 3.63) is 91.0 Å². The molecule has 0 atom stereocenters. The number of aromatic hydroxyl groups is 2. The Morgan fingerprint density at radius 1 is 0.244 bits per heavy atom. The molecule has 2 nitrogen and oxygen atoms in total. The minimum atomic E-state index is -0.185. The van der Waals surface area contributed by atoms with E-state index in [-0.39, 0.29) is 21.7 Å². The first-order valence-electron chi connectivity index (χ1n) is 33.9. The normalized spacial score (nSPS) is 12.6. The predicted molar refractivity (Wildman–Crippen MR) is 348 cm³/mol. The number of unbranched alkanes of at least 4 members (excludes halogenated alkanes) is 28. The van der Waals surface area contributed by atoms with E-state index < -0.39 is 0 Å². The Bertz CT molecular complexity index is 1820. The largest absolute Gasteiger partial charge is 0.507 e. The van der Waals surface area contributed by atoms with Crippen LogP contribution in [0, 0.1) is 0 Å².